The van der Waals surface area contributed by atoms with Gasteiger partial charge >= 0.3 is 5.97 Å². The molecule has 1 N–H and O–H groups in total. The number of azide groups is 1. The molecule has 6 nitrogen and oxygen atoms in total. The van der Waals surface area contributed by atoms with Gasteiger partial charge in [-0.3, -0.25) is 0 Å². The van der Waals surface area contributed by atoms with Crippen molar-refractivity contribution in [3.8, 4) is 0 Å². The number of carbonyl (C=O) groups is 1. The maximum Gasteiger partial charge on any atom is 0.339 e. The molecule has 0 saturated carbocycles. The van der Waals surface area contributed by atoms with E-state index in [1.165, 1.54) is 12.3 Å². The Morgan fingerprint density at radius 1 is 1.77 bits per heavy atom. The summed E-state index contributed by atoms with van der Waals surface area (Å²) in [7, 11) is 0. The number of hydrogen-bond donors (Lipinski definition) is 1. The molecule has 0 amide bonds. The van der Waals surface area contributed by atoms with E-state index in [1.54, 1.807) is 6.07 Å². The van der Waals surface area contributed by atoms with E-state index in [4.69, 9.17) is 15.1 Å². The summed E-state index contributed by atoms with van der Waals surface area (Å²) < 4.78 is 4.82. The Morgan fingerprint density at radius 2 is 2.54 bits per heavy atom. The van der Waals surface area contributed by atoms with Crippen molar-refractivity contribution in [2.45, 2.75) is 0 Å². The lowest BCUT2D eigenvalue weighted by Gasteiger charge is -1.93. The van der Waals surface area contributed by atoms with Crippen LogP contribution in [0.2, 0.25) is 0 Å². The second-order valence-electron chi connectivity index (χ2n) is 2.03. The predicted molar refractivity (Wildman–Crippen MR) is 43.5 cm³/mol. The Morgan fingerprint density at radius 3 is 3.00 bits per heavy atom. The first kappa shape index (κ1) is 8.89. The largest absolute Gasteiger partial charge is 0.478 e. The fourth-order valence-corrected chi connectivity index (χ4v) is 0.740. The number of rotatable bonds is 3. The van der Waals surface area contributed by atoms with E-state index in [0.29, 0.717) is 0 Å². The fourth-order valence-electron chi connectivity index (χ4n) is 0.740. The highest BCUT2D eigenvalue weighted by Gasteiger charge is 2.11. The summed E-state index contributed by atoms with van der Waals surface area (Å²) in [5, 5.41) is 11.7. The molecule has 1 aromatic rings. The maximum absolute atomic E-state index is 10.6. The van der Waals surface area contributed by atoms with Crippen molar-refractivity contribution in [1.82, 2.24) is 0 Å². The average molecular weight is 179 g/mol. The summed E-state index contributed by atoms with van der Waals surface area (Å²) in [5.41, 5.74) is 7.81. The summed E-state index contributed by atoms with van der Waals surface area (Å²) in [4.78, 5) is 13.0. The molecular formula is C7H5N3O3. The van der Waals surface area contributed by atoms with Crippen LogP contribution in [0.15, 0.2) is 34.1 Å². The molecule has 0 aromatic carbocycles. The third-order valence-electron chi connectivity index (χ3n) is 1.26. The van der Waals surface area contributed by atoms with E-state index in [2.05, 4.69) is 10.0 Å². The number of aliphatic carboxylic acids is 1. The zero-order chi connectivity index (χ0) is 9.68. The Labute approximate surface area is 72.7 Å². The van der Waals surface area contributed by atoms with Crippen molar-refractivity contribution in [1.29, 1.82) is 0 Å². The zero-order valence-corrected chi connectivity index (χ0v) is 6.41. The standard InChI is InChI=1S/C7H5N3O3/c8-10-9-4-5(7(11)12)6-2-1-3-13-6/h1-4H,(H,11,12). The van der Waals surface area contributed by atoms with Crippen LogP contribution in [0.3, 0.4) is 0 Å². The van der Waals surface area contributed by atoms with Crippen LogP contribution in [-0.2, 0) is 4.79 Å². The van der Waals surface area contributed by atoms with E-state index in [9.17, 15) is 4.79 Å². The molecule has 0 radical (unpaired) electrons. The van der Waals surface area contributed by atoms with Gasteiger partial charge in [0.25, 0.3) is 0 Å². The van der Waals surface area contributed by atoms with Gasteiger partial charge < -0.3 is 9.52 Å². The molecule has 0 fully saturated rings. The zero-order valence-electron chi connectivity index (χ0n) is 6.41. The number of furan rings is 1. The first-order chi connectivity index (χ1) is 6.25. The van der Waals surface area contributed by atoms with Crippen molar-refractivity contribution in [3.05, 3.63) is 40.8 Å². The van der Waals surface area contributed by atoms with Crippen LogP contribution in [-0.4, -0.2) is 11.1 Å². The van der Waals surface area contributed by atoms with Crippen LogP contribution >= 0.6 is 0 Å². The third-order valence-corrected chi connectivity index (χ3v) is 1.26. The minimum atomic E-state index is -1.21. The molecule has 0 atom stereocenters. The highest BCUT2D eigenvalue weighted by atomic mass is 16.4. The summed E-state index contributed by atoms with van der Waals surface area (Å²) >= 11 is 0. The molecule has 0 saturated heterocycles. The molecule has 1 aromatic heterocycles. The summed E-state index contributed by atoms with van der Waals surface area (Å²) in [6.07, 6.45) is 2.23. The lowest BCUT2D eigenvalue weighted by molar-refractivity contribution is -0.130. The predicted octanol–water partition coefficient (Wildman–Crippen LogP) is 2.02. The number of hydrogen-bond acceptors (Lipinski definition) is 3. The first-order valence-electron chi connectivity index (χ1n) is 3.27. The topological polar surface area (TPSA) is 99.2 Å². The van der Waals surface area contributed by atoms with Crippen molar-refractivity contribution in [3.63, 3.8) is 0 Å². The van der Waals surface area contributed by atoms with Crippen molar-refractivity contribution < 1.29 is 14.3 Å². The van der Waals surface area contributed by atoms with Gasteiger partial charge in [-0.05, 0) is 17.7 Å². The minimum absolute atomic E-state index is 0.153. The van der Waals surface area contributed by atoms with Crippen LogP contribution in [0.5, 0.6) is 0 Å². The normalized spacial score (nSPS) is 10.6. The summed E-state index contributed by atoms with van der Waals surface area (Å²) in [6, 6.07) is 3.01. The molecule has 0 aliphatic carbocycles. The van der Waals surface area contributed by atoms with Crippen LogP contribution < -0.4 is 0 Å². The van der Waals surface area contributed by atoms with Crippen LogP contribution in [0.1, 0.15) is 5.76 Å². The fraction of sp³-hybridized carbons (Fsp3) is 0. The lowest BCUT2D eigenvalue weighted by Crippen LogP contribution is -1.97. The Kier molecular flexibility index (Phi) is 2.73. The first-order valence-corrected chi connectivity index (χ1v) is 3.27. The molecule has 13 heavy (non-hydrogen) atoms. The van der Waals surface area contributed by atoms with E-state index in [-0.39, 0.29) is 11.3 Å². The Balaban J connectivity index is 3.07. The molecule has 0 aliphatic rings. The monoisotopic (exact) mass is 179 g/mol. The molecule has 1 heterocycles. The van der Waals surface area contributed by atoms with Crippen LogP contribution in [0.4, 0.5) is 0 Å². The van der Waals surface area contributed by atoms with Crippen molar-refractivity contribution in [2.24, 2.45) is 5.11 Å². The summed E-state index contributed by atoms with van der Waals surface area (Å²) in [5.74, 6) is -1.05. The second-order valence-corrected chi connectivity index (χ2v) is 2.03. The number of carboxylic acids is 1. The molecule has 0 spiro atoms. The lowest BCUT2D eigenvalue weighted by atomic mass is 10.2. The number of nitrogens with zero attached hydrogens (tertiary/aromatic N) is 3. The average Bonchev–Trinajstić information content (AvgIpc) is 2.57. The molecule has 1 rings (SSSR count). The Bertz CT molecular complexity index is 374. The molecule has 0 bridgehead atoms. The second kappa shape index (κ2) is 3.99. The third kappa shape index (κ3) is 2.11. The minimum Gasteiger partial charge on any atom is -0.478 e. The number of carboxylic acid groups (broad SMARTS) is 1. The van der Waals surface area contributed by atoms with Crippen molar-refractivity contribution >= 4 is 11.5 Å². The van der Waals surface area contributed by atoms with Crippen LogP contribution in [0.25, 0.3) is 16.0 Å². The van der Waals surface area contributed by atoms with Gasteiger partial charge in [0, 0.05) is 11.1 Å². The molecule has 6 heteroatoms. The Hall–Kier alpha value is -2.20. The van der Waals surface area contributed by atoms with E-state index in [0.717, 1.165) is 6.20 Å². The highest BCUT2D eigenvalue weighted by Crippen LogP contribution is 2.14. The van der Waals surface area contributed by atoms with E-state index in [1.807, 2.05) is 0 Å². The molecule has 0 unspecified atom stereocenters. The van der Waals surface area contributed by atoms with Gasteiger partial charge in [0.15, 0.2) is 0 Å². The molecule has 0 aliphatic heterocycles. The van der Waals surface area contributed by atoms with Gasteiger partial charge in [0.1, 0.15) is 11.3 Å². The van der Waals surface area contributed by atoms with Gasteiger partial charge in [-0.2, -0.15) is 0 Å². The van der Waals surface area contributed by atoms with Crippen LogP contribution in [0, 0.1) is 0 Å². The van der Waals surface area contributed by atoms with E-state index < -0.39 is 5.97 Å². The van der Waals surface area contributed by atoms with Crippen molar-refractivity contribution in [2.75, 3.05) is 0 Å². The van der Waals surface area contributed by atoms with Gasteiger partial charge in [0.2, 0.25) is 0 Å². The summed E-state index contributed by atoms with van der Waals surface area (Å²) in [6.45, 7) is 0. The molecule has 66 valence electrons. The quantitative estimate of drug-likeness (QED) is 0.332. The highest BCUT2D eigenvalue weighted by molar-refractivity contribution is 6.14. The van der Waals surface area contributed by atoms with Gasteiger partial charge in [-0.1, -0.05) is 5.11 Å². The van der Waals surface area contributed by atoms with E-state index >= 15 is 0 Å². The van der Waals surface area contributed by atoms with Gasteiger partial charge in [-0.25, -0.2) is 4.79 Å². The van der Waals surface area contributed by atoms with Gasteiger partial charge in [0.05, 0.1) is 6.26 Å². The van der Waals surface area contributed by atoms with Gasteiger partial charge in [-0.15, -0.1) is 0 Å². The molecular weight excluding hydrogens is 174 g/mol. The SMILES string of the molecule is [N-]=[N+]=NC=C(C(=O)O)c1ccco1. The smallest absolute Gasteiger partial charge is 0.339 e. The maximum atomic E-state index is 10.6.